The Morgan fingerprint density at radius 2 is 1.85 bits per heavy atom. The van der Waals surface area contributed by atoms with Crippen molar-refractivity contribution in [3.05, 3.63) is 32.7 Å². The molecule has 4 nitrogen and oxygen atoms in total. The van der Waals surface area contributed by atoms with Crippen LogP contribution in [0.25, 0.3) is 11.0 Å². The van der Waals surface area contributed by atoms with Gasteiger partial charge >= 0.3 is 5.69 Å². The van der Waals surface area contributed by atoms with Crippen molar-refractivity contribution in [2.75, 3.05) is 0 Å². The molecule has 1 fully saturated rings. The molecule has 1 heterocycles. The Morgan fingerprint density at radius 3 is 2.45 bits per heavy atom. The summed E-state index contributed by atoms with van der Waals surface area (Å²) < 4.78 is 0.755. The minimum absolute atomic E-state index is 0.202. The molecule has 5 heteroatoms. The van der Waals surface area contributed by atoms with Gasteiger partial charge in [0.15, 0.2) is 5.78 Å². The standard InChI is InChI=1S/C15H17BrN2O2/c1-2-15(5-3-4-6-15)13(19)9-7-11-12(8-10(9)16)18-14(20)17-11/h7-8H,2-6H2,1H3,(H2,17,18,20). The molecule has 1 saturated carbocycles. The van der Waals surface area contributed by atoms with Gasteiger partial charge in [0.1, 0.15) is 0 Å². The summed E-state index contributed by atoms with van der Waals surface area (Å²) in [6.07, 6.45) is 5.06. The van der Waals surface area contributed by atoms with Crippen molar-refractivity contribution in [1.29, 1.82) is 0 Å². The Bertz CT molecular complexity index is 723. The van der Waals surface area contributed by atoms with Crippen LogP contribution in [0.15, 0.2) is 21.4 Å². The molecule has 1 aromatic heterocycles. The first-order valence-corrected chi connectivity index (χ1v) is 7.81. The molecule has 0 atom stereocenters. The van der Waals surface area contributed by atoms with E-state index in [2.05, 4.69) is 32.8 Å². The second kappa shape index (κ2) is 4.88. The minimum atomic E-state index is -0.248. The first kappa shape index (κ1) is 13.6. The van der Waals surface area contributed by atoms with Crippen LogP contribution < -0.4 is 5.69 Å². The van der Waals surface area contributed by atoms with Crippen LogP contribution in [-0.4, -0.2) is 15.8 Å². The van der Waals surface area contributed by atoms with Gasteiger partial charge in [-0.25, -0.2) is 4.79 Å². The topological polar surface area (TPSA) is 65.7 Å². The zero-order chi connectivity index (χ0) is 14.3. The Kier molecular flexibility index (Phi) is 3.32. The Labute approximate surface area is 125 Å². The van der Waals surface area contributed by atoms with Crippen molar-refractivity contribution in [2.24, 2.45) is 5.41 Å². The van der Waals surface area contributed by atoms with Crippen LogP contribution in [0.5, 0.6) is 0 Å². The summed E-state index contributed by atoms with van der Waals surface area (Å²) in [6, 6.07) is 3.59. The molecule has 1 aliphatic rings. The monoisotopic (exact) mass is 336 g/mol. The van der Waals surface area contributed by atoms with E-state index in [0.717, 1.165) is 42.1 Å². The molecule has 1 aliphatic carbocycles. The Balaban J connectivity index is 2.11. The lowest BCUT2D eigenvalue weighted by atomic mass is 9.76. The quantitative estimate of drug-likeness (QED) is 0.838. The van der Waals surface area contributed by atoms with Crippen molar-refractivity contribution in [3.63, 3.8) is 0 Å². The fourth-order valence-corrected chi connectivity index (χ4v) is 3.83. The minimum Gasteiger partial charge on any atom is -0.306 e. The number of hydrogen-bond donors (Lipinski definition) is 2. The van der Waals surface area contributed by atoms with Crippen molar-refractivity contribution in [2.45, 2.75) is 39.0 Å². The average Bonchev–Trinajstić information content (AvgIpc) is 3.03. The van der Waals surface area contributed by atoms with E-state index in [4.69, 9.17) is 0 Å². The van der Waals surface area contributed by atoms with E-state index in [1.807, 2.05) is 0 Å². The summed E-state index contributed by atoms with van der Waals surface area (Å²) in [4.78, 5) is 29.7. The largest absolute Gasteiger partial charge is 0.323 e. The third-order valence-electron chi connectivity index (χ3n) is 4.57. The maximum atomic E-state index is 12.9. The molecule has 0 amide bonds. The van der Waals surface area contributed by atoms with E-state index < -0.39 is 0 Å². The van der Waals surface area contributed by atoms with Gasteiger partial charge in [-0.05, 0) is 47.3 Å². The number of halogens is 1. The SMILES string of the molecule is CCC1(C(=O)c2cc3[nH]c(=O)[nH]c3cc2Br)CCCC1. The fraction of sp³-hybridized carbons (Fsp3) is 0.467. The van der Waals surface area contributed by atoms with E-state index in [9.17, 15) is 9.59 Å². The number of fused-ring (bicyclic) bond motifs is 1. The molecule has 106 valence electrons. The molecule has 0 bridgehead atoms. The predicted molar refractivity (Wildman–Crippen MR) is 82.1 cm³/mol. The van der Waals surface area contributed by atoms with Gasteiger partial charge in [0, 0.05) is 15.5 Å². The smallest absolute Gasteiger partial charge is 0.306 e. The normalized spacial score (nSPS) is 17.7. The molecule has 0 radical (unpaired) electrons. The zero-order valence-electron chi connectivity index (χ0n) is 11.4. The summed E-state index contributed by atoms with van der Waals surface area (Å²) in [7, 11) is 0. The highest BCUT2D eigenvalue weighted by Crippen LogP contribution is 2.44. The van der Waals surface area contributed by atoms with E-state index in [1.165, 1.54) is 0 Å². The van der Waals surface area contributed by atoms with Crippen LogP contribution in [-0.2, 0) is 0 Å². The lowest BCUT2D eigenvalue weighted by Crippen LogP contribution is -2.27. The zero-order valence-corrected chi connectivity index (χ0v) is 13.0. The van der Waals surface area contributed by atoms with Gasteiger partial charge in [-0.2, -0.15) is 0 Å². The van der Waals surface area contributed by atoms with Gasteiger partial charge in [-0.15, -0.1) is 0 Å². The lowest BCUT2D eigenvalue weighted by Gasteiger charge is -2.26. The van der Waals surface area contributed by atoms with Gasteiger partial charge in [-0.1, -0.05) is 19.8 Å². The number of aromatic nitrogens is 2. The molecular weight excluding hydrogens is 320 g/mol. The number of benzene rings is 1. The summed E-state index contributed by atoms with van der Waals surface area (Å²) in [5, 5.41) is 0. The van der Waals surface area contributed by atoms with Gasteiger partial charge in [0.05, 0.1) is 11.0 Å². The summed E-state index contributed by atoms with van der Waals surface area (Å²) in [5.74, 6) is 0.202. The number of nitrogens with one attached hydrogen (secondary N) is 2. The molecule has 2 aromatic rings. The van der Waals surface area contributed by atoms with Crippen LogP contribution in [0.1, 0.15) is 49.4 Å². The molecule has 1 aromatic carbocycles. The van der Waals surface area contributed by atoms with Crippen molar-refractivity contribution >= 4 is 32.7 Å². The molecule has 2 N–H and O–H groups in total. The van der Waals surface area contributed by atoms with E-state index in [-0.39, 0.29) is 16.9 Å². The van der Waals surface area contributed by atoms with Gasteiger partial charge in [0.2, 0.25) is 0 Å². The molecule has 0 aliphatic heterocycles. The van der Waals surface area contributed by atoms with Crippen molar-refractivity contribution in [1.82, 2.24) is 9.97 Å². The van der Waals surface area contributed by atoms with Gasteiger partial charge < -0.3 is 9.97 Å². The number of rotatable bonds is 3. The first-order chi connectivity index (χ1) is 9.55. The molecule has 0 unspecified atom stereocenters. The van der Waals surface area contributed by atoms with Crippen molar-refractivity contribution < 1.29 is 4.79 Å². The highest BCUT2D eigenvalue weighted by atomic mass is 79.9. The number of carbonyl (C=O) groups is 1. The number of hydrogen-bond acceptors (Lipinski definition) is 2. The maximum Gasteiger partial charge on any atom is 0.323 e. The van der Waals surface area contributed by atoms with Crippen LogP contribution in [0.3, 0.4) is 0 Å². The number of aromatic amines is 2. The molecular formula is C15H17BrN2O2. The Morgan fingerprint density at radius 1 is 1.25 bits per heavy atom. The molecule has 0 saturated heterocycles. The van der Waals surface area contributed by atoms with Crippen LogP contribution in [0.2, 0.25) is 0 Å². The predicted octanol–water partition coefficient (Wildman–Crippen LogP) is 3.77. The molecule has 20 heavy (non-hydrogen) atoms. The third-order valence-corrected chi connectivity index (χ3v) is 5.22. The van der Waals surface area contributed by atoms with E-state index in [0.29, 0.717) is 11.1 Å². The number of ketones is 1. The summed E-state index contributed by atoms with van der Waals surface area (Å²) in [5.41, 5.74) is 1.62. The van der Waals surface area contributed by atoms with E-state index in [1.54, 1.807) is 12.1 Å². The van der Waals surface area contributed by atoms with Crippen molar-refractivity contribution in [3.8, 4) is 0 Å². The second-order valence-corrected chi connectivity index (χ2v) is 6.48. The highest BCUT2D eigenvalue weighted by Gasteiger charge is 2.40. The van der Waals surface area contributed by atoms with E-state index >= 15 is 0 Å². The average molecular weight is 337 g/mol. The van der Waals surface area contributed by atoms with Crippen LogP contribution in [0, 0.1) is 5.41 Å². The lowest BCUT2D eigenvalue weighted by molar-refractivity contribution is 0.0790. The number of imidazole rings is 1. The first-order valence-electron chi connectivity index (χ1n) is 7.02. The van der Waals surface area contributed by atoms with Gasteiger partial charge in [0.25, 0.3) is 0 Å². The molecule has 0 spiro atoms. The third kappa shape index (κ3) is 2.04. The highest BCUT2D eigenvalue weighted by molar-refractivity contribution is 9.10. The summed E-state index contributed by atoms with van der Waals surface area (Å²) in [6.45, 7) is 2.09. The fourth-order valence-electron chi connectivity index (χ4n) is 3.31. The molecule has 3 rings (SSSR count). The maximum absolute atomic E-state index is 12.9. The Hall–Kier alpha value is -1.36. The second-order valence-electron chi connectivity index (χ2n) is 5.63. The summed E-state index contributed by atoms with van der Waals surface area (Å²) >= 11 is 3.47. The number of carbonyl (C=O) groups excluding carboxylic acids is 1. The number of H-pyrrole nitrogens is 2. The van der Waals surface area contributed by atoms with Crippen LogP contribution >= 0.6 is 15.9 Å². The number of Topliss-reactive ketones (excluding diaryl/α,β-unsaturated/α-hetero) is 1. The van der Waals surface area contributed by atoms with Gasteiger partial charge in [-0.3, -0.25) is 4.79 Å². The van der Waals surface area contributed by atoms with Crippen LogP contribution in [0.4, 0.5) is 0 Å².